The van der Waals surface area contributed by atoms with Gasteiger partial charge in [0.25, 0.3) is 5.91 Å². The lowest BCUT2D eigenvalue weighted by Crippen LogP contribution is -2.52. The van der Waals surface area contributed by atoms with Gasteiger partial charge in [0.1, 0.15) is 17.4 Å². The fourth-order valence-corrected chi connectivity index (χ4v) is 3.21. The molecule has 1 aromatic carbocycles. The highest BCUT2D eigenvalue weighted by atomic mass is 16.2. The Bertz CT molecular complexity index is 1140. The van der Waals surface area contributed by atoms with Gasteiger partial charge in [-0.25, -0.2) is 4.98 Å². The molecule has 0 spiro atoms. The molecule has 2 amide bonds. The molecular formula is C20H15N7O2. The Kier molecular flexibility index (Phi) is 4.41. The summed E-state index contributed by atoms with van der Waals surface area (Å²) in [6.07, 6.45) is 12.4. The molecule has 2 aliphatic rings. The first-order chi connectivity index (χ1) is 14.0. The summed E-state index contributed by atoms with van der Waals surface area (Å²) in [5.41, 5.74) is 2.06. The monoisotopic (exact) mass is 385 g/mol. The zero-order valence-electron chi connectivity index (χ0n) is 15.5. The third kappa shape index (κ3) is 3.05. The molecule has 1 aromatic heterocycles. The van der Waals surface area contributed by atoms with Crippen LogP contribution in [-0.4, -0.2) is 40.9 Å². The second kappa shape index (κ2) is 7.06. The van der Waals surface area contributed by atoms with Crippen LogP contribution in [-0.2, 0) is 4.79 Å². The van der Waals surface area contributed by atoms with Crippen LogP contribution in [0.4, 0.5) is 28.8 Å². The first kappa shape index (κ1) is 18.1. The molecule has 9 heteroatoms. The average Bonchev–Trinajstić information content (AvgIpc) is 3.09. The first-order valence-corrected chi connectivity index (χ1v) is 8.72. The molecule has 3 heterocycles. The van der Waals surface area contributed by atoms with Gasteiger partial charge in [-0.15, -0.1) is 23.1 Å². The van der Waals surface area contributed by atoms with Gasteiger partial charge in [0.05, 0.1) is 24.8 Å². The summed E-state index contributed by atoms with van der Waals surface area (Å²) in [5, 5.41) is 10.4. The highest BCUT2D eigenvalue weighted by molar-refractivity contribution is 6.05. The van der Waals surface area contributed by atoms with E-state index in [-0.39, 0.29) is 24.9 Å². The first-order valence-electron chi connectivity index (χ1n) is 8.72. The van der Waals surface area contributed by atoms with Crippen molar-refractivity contribution in [3.8, 4) is 24.7 Å². The van der Waals surface area contributed by atoms with Gasteiger partial charge >= 0.3 is 0 Å². The molecule has 0 unspecified atom stereocenters. The fourth-order valence-electron chi connectivity index (χ4n) is 3.21. The Morgan fingerprint density at radius 3 is 2.72 bits per heavy atom. The molecule has 1 atom stereocenters. The second-order valence-electron chi connectivity index (χ2n) is 6.40. The Labute approximate surface area is 166 Å². The third-order valence-corrected chi connectivity index (χ3v) is 4.65. The van der Waals surface area contributed by atoms with Crippen molar-refractivity contribution in [1.29, 1.82) is 0 Å². The highest BCUT2D eigenvalue weighted by Crippen LogP contribution is 2.35. The largest absolute Gasteiger partial charge is 0.332 e. The van der Waals surface area contributed by atoms with Gasteiger partial charge in [-0.05, 0) is 25.1 Å². The molecule has 2 aromatic rings. The number of benzene rings is 1. The predicted octanol–water partition coefficient (Wildman–Crippen LogP) is 2.27. The number of rotatable bonds is 4. The molecule has 0 aliphatic carbocycles. The molecule has 0 saturated carbocycles. The Morgan fingerprint density at radius 1 is 1.17 bits per heavy atom. The minimum absolute atomic E-state index is 0.111. The molecule has 0 fully saturated rings. The van der Waals surface area contributed by atoms with Crippen molar-refractivity contribution < 1.29 is 9.59 Å². The molecule has 0 radical (unpaired) electrons. The predicted molar refractivity (Wildman–Crippen MR) is 107 cm³/mol. The number of aromatic nitrogens is 2. The topological polar surface area (TPSA) is 103 Å². The summed E-state index contributed by atoms with van der Waals surface area (Å²) in [6.45, 7) is 2.07. The zero-order valence-corrected chi connectivity index (χ0v) is 15.5. The van der Waals surface area contributed by atoms with E-state index in [9.17, 15) is 9.59 Å². The van der Waals surface area contributed by atoms with Gasteiger partial charge in [-0.2, -0.15) is 4.98 Å². The van der Waals surface area contributed by atoms with Gasteiger partial charge in [0.15, 0.2) is 5.82 Å². The number of azo groups is 1. The van der Waals surface area contributed by atoms with Crippen LogP contribution in [0.2, 0.25) is 0 Å². The summed E-state index contributed by atoms with van der Waals surface area (Å²) in [4.78, 5) is 36.3. The number of terminal acetylenes is 2. The number of carbonyl (C=O) groups excluding carboxylic acids is 2. The van der Waals surface area contributed by atoms with Crippen molar-refractivity contribution in [3.05, 3.63) is 30.0 Å². The van der Waals surface area contributed by atoms with Crippen LogP contribution in [0.3, 0.4) is 0 Å². The van der Waals surface area contributed by atoms with Gasteiger partial charge in [0.2, 0.25) is 11.9 Å². The van der Waals surface area contributed by atoms with E-state index in [1.807, 2.05) is 0 Å². The molecule has 142 valence electrons. The minimum atomic E-state index is -0.513. The van der Waals surface area contributed by atoms with Crippen molar-refractivity contribution in [2.45, 2.75) is 13.0 Å². The van der Waals surface area contributed by atoms with Crippen LogP contribution in [0.15, 0.2) is 34.6 Å². The summed E-state index contributed by atoms with van der Waals surface area (Å²) in [6, 6.07) is 4.52. The number of hydrogen-bond acceptors (Lipinski definition) is 7. The number of amides is 2. The van der Waals surface area contributed by atoms with Crippen LogP contribution in [0, 0.1) is 24.7 Å². The molecular weight excluding hydrogens is 370 g/mol. The van der Waals surface area contributed by atoms with Gasteiger partial charge in [-0.1, -0.05) is 11.8 Å². The van der Waals surface area contributed by atoms with E-state index in [0.29, 0.717) is 34.4 Å². The van der Waals surface area contributed by atoms with E-state index in [1.165, 1.54) is 11.1 Å². The fraction of sp³-hybridized carbons (Fsp3) is 0.200. The van der Waals surface area contributed by atoms with Crippen LogP contribution < -0.4 is 15.1 Å². The van der Waals surface area contributed by atoms with Gasteiger partial charge in [0, 0.05) is 5.69 Å². The van der Waals surface area contributed by atoms with Crippen LogP contribution in [0.5, 0.6) is 0 Å². The Morgan fingerprint density at radius 2 is 1.97 bits per heavy atom. The van der Waals surface area contributed by atoms with Crippen molar-refractivity contribution in [2.75, 3.05) is 28.2 Å². The van der Waals surface area contributed by atoms with E-state index in [4.69, 9.17) is 12.8 Å². The summed E-state index contributed by atoms with van der Waals surface area (Å²) < 4.78 is 0. The molecule has 29 heavy (non-hydrogen) atoms. The molecule has 9 nitrogen and oxygen atoms in total. The maximum atomic E-state index is 12.7. The van der Waals surface area contributed by atoms with Crippen LogP contribution >= 0.6 is 0 Å². The molecule has 4 rings (SSSR count). The molecule has 0 saturated heterocycles. The van der Waals surface area contributed by atoms with E-state index in [0.717, 1.165) is 0 Å². The number of anilines is 4. The number of carbonyl (C=O) groups is 2. The van der Waals surface area contributed by atoms with Crippen molar-refractivity contribution in [3.63, 3.8) is 0 Å². The standard InChI is InChI=1S/C20H15N7O2/c1-4-8-26-12(3)19(29)27(9-5-2)16-11-21-20(23-17(16)26)22-13-6-7-14-15(10-13)24-25-18(14)28/h1-2,6-7,10-12H,8-9H2,3H3,(H,21,22,23)/t12-/m1/s1. The summed E-state index contributed by atoms with van der Waals surface area (Å²) in [7, 11) is 0. The van der Waals surface area contributed by atoms with E-state index < -0.39 is 6.04 Å². The summed E-state index contributed by atoms with van der Waals surface area (Å²) >= 11 is 0. The number of fused-ring (bicyclic) bond motifs is 2. The van der Waals surface area contributed by atoms with E-state index in [1.54, 1.807) is 30.0 Å². The van der Waals surface area contributed by atoms with E-state index in [2.05, 4.69) is 37.4 Å². The van der Waals surface area contributed by atoms with Crippen molar-refractivity contribution in [1.82, 2.24) is 9.97 Å². The lowest BCUT2D eigenvalue weighted by atomic mass is 10.1. The maximum absolute atomic E-state index is 12.7. The minimum Gasteiger partial charge on any atom is -0.332 e. The smallest absolute Gasteiger partial charge is 0.297 e. The zero-order chi connectivity index (χ0) is 20.5. The molecule has 2 aliphatic heterocycles. The molecule has 1 N–H and O–H groups in total. The number of nitrogens with one attached hydrogen (secondary N) is 1. The SMILES string of the molecule is C#CCN1C(=O)[C@@H](C)N(CC#C)c2nc(Nc3ccc4c(c3)N=NC4=O)ncc21. The van der Waals surface area contributed by atoms with Crippen molar-refractivity contribution in [2.24, 2.45) is 10.2 Å². The van der Waals surface area contributed by atoms with Crippen molar-refractivity contribution >= 4 is 40.6 Å². The third-order valence-electron chi connectivity index (χ3n) is 4.65. The van der Waals surface area contributed by atoms with Crippen LogP contribution in [0.25, 0.3) is 0 Å². The quantitative estimate of drug-likeness (QED) is 0.810. The lowest BCUT2D eigenvalue weighted by molar-refractivity contribution is -0.119. The summed E-state index contributed by atoms with van der Waals surface area (Å²) in [5.74, 6) is 5.33. The second-order valence-corrected chi connectivity index (χ2v) is 6.40. The van der Waals surface area contributed by atoms with Gasteiger partial charge < -0.3 is 10.2 Å². The van der Waals surface area contributed by atoms with Gasteiger partial charge in [-0.3, -0.25) is 14.5 Å². The normalized spacial score (nSPS) is 16.9. The number of nitrogens with zero attached hydrogens (tertiary/aromatic N) is 6. The lowest BCUT2D eigenvalue weighted by Gasteiger charge is -2.38. The highest BCUT2D eigenvalue weighted by Gasteiger charge is 2.36. The molecule has 0 bridgehead atoms. The Balaban J connectivity index is 1.70. The van der Waals surface area contributed by atoms with E-state index >= 15 is 0 Å². The maximum Gasteiger partial charge on any atom is 0.297 e. The van der Waals surface area contributed by atoms with Crippen LogP contribution in [0.1, 0.15) is 17.3 Å². The Hall–Kier alpha value is -4.24. The average molecular weight is 385 g/mol. The number of hydrogen-bond donors (Lipinski definition) is 1.